The fraction of sp³-hybridized carbons (Fsp3) is 0.300. The number of carbonyl (C=O) groups excluding carboxylic acids is 1. The number of amides is 1. The van der Waals surface area contributed by atoms with Crippen LogP contribution in [0.2, 0.25) is 0 Å². The number of aliphatic hydroxyl groups excluding tert-OH is 1. The normalized spacial score (nSPS) is 10.4. The van der Waals surface area contributed by atoms with Crippen molar-refractivity contribution in [2.45, 2.75) is 19.7 Å². The first-order chi connectivity index (χ1) is 8.28. The first-order valence-electron chi connectivity index (χ1n) is 5.07. The Morgan fingerprint density at radius 1 is 1.59 bits per heavy atom. The van der Waals surface area contributed by atoms with Crippen molar-refractivity contribution in [2.24, 2.45) is 0 Å². The lowest BCUT2D eigenvalue weighted by atomic mass is 10.4. The molecule has 0 aromatic carbocycles. The molecular formula is C10H12N4O2S. The fourth-order valence-corrected chi connectivity index (χ4v) is 1.93. The maximum absolute atomic E-state index is 11.5. The Morgan fingerprint density at radius 2 is 2.47 bits per heavy atom. The van der Waals surface area contributed by atoms with Crippen LogP contribution in [0.3, 0.4) is 0 Å². The summed E-state index contributed by atoms with van der Waals surface area (Å²) >= 11 is 1.60. The van der Waals surface area contributed by atoms with Crippen LogP contribution in [0.1, 0.15) is 10.6 Å². The third-order valence-corrected chi connectivity index (χ3v) is 2.97. The van der Waals surface area contributed by atoms with Crippen LogP contribution in [0.4, 0.5) is 0 Å². The molecule has 0 aliphatic carbocycles. The van der Waals surface area contributed by atoms with Crippen LogP contribution < -0.4 is 5.32 Å². The van der Waals surface area contributed by atoms with Gasteiger partial charge < -0.3 is 10.4 Å². The number of carbonyl (C=O) groups is 1. The van der Waals surface area contributed by atoms with Gasteiger partial charge in [-0.25, -0.2) is 4.68 Å². The summed E-state index contributed by atoms with van der Waals surface area (Å²) in [6, 6.07) is 3.90. The summed E-state index contributed by atoms with van der Waals surface area (Å²) in [6.45, 7) is 0.466. The molecule has 0 bridgehead atoms. The van der Waals surface area contributed by atoms with E-state index in [0.717, 1.165) is 4.88 Å². The van der Waals surface area contributed by atoms with E-state index in [1.165, 1.54) is 4.68 Å². The van der Waals surface area contributed by atoms with E-state index >= 15 is 0 Å². The van der Waals surface area contributed by atoms with E-state index in [9.17, 15) is 4.79 Å². The molecule has 7 heteroatoms. The van der Waals surface area contributed by atoms with Crippen LogP contribution in [-0.4, -0.2) is 26.0 Å². The summed E-state index contributed by atoms with van der Waals surface area (Å²) in [5, 5.41) is 20.9. The maximum atomic E-state index is 11.5. The predicted octanol–water partition coefficient (Wildman–Crippen LogP) is 0.148. The number of rotatable bonds is 5. The van der Waals surface area contributed by atoms with Crippen LogP contribution in [0, 0.1) is 0 Å². The summed E-state index contributed by atoms with van der Waals surface area (Å²) in [4.78, 5) is 12.7. The van der Waals surface area contributed by atoms with Crippen molar-refractivity contribution in [1.82, 2.24) is 20.3 Å². The summed E-state index contributed by atoms with van der Waals surface area (Å²) < 4.78 is 1.40. The minimum absolute atomic E-state index is 0.109. The molecule has 90 valence electrons. The van der Waals surface area contributed by atoms with Gasteiger partial charge in [-0.15, -0.1) is 16.4 Å². The molecule has 17 heavy (non-hydrogen) atoms. The van der Waals surface area contributed by atoms with Gasteiger partial charge in [0.25, 0.3) is 0 Å². The molecular weight excluding hydrogens is 240 g/mol. The smallest absolute Gasteiger partial charge is 0.242 e. The first-order valence-corrected chi connectivity index (χ1v) is 5.95. The predicted molar refractivity (Wildman–Crippen MR) is 62.1 cm³/mol. The summed E-state index contributed by atoms with van der Waals surface area (Å²) in [5.74, 6) is -0.132. The van der Waals surface area contributed by atoms with Gasteiger partial charge in [-0.2, -0.15) is 0 Å². The molecule has 0 saturated carbocycles. The number of nitrogens with one attached hydrogen (secondary N) is 1. The molecule has 2 aromatic heterocycles. The van der Waals surface area contributed by atoms with Crippen molar-refractivity contribution in [2.75, 3.05) is 0 Å². The molecule has 6 nitrogen and oxygen atoms in total. The minimum Gasteiger partial charge on any atom is -0.390 e. The molecule has 0 spiro atoms. The van der Waals surface area contributed by atoms with Gasteiger partial charge in [0.15, 0.2) is 0 Å². The fourth-order valence-electron chi connectivity index (χ4n) is 1.29. The van der Waals surface area contributed by atoms with Gasteiger partial charge in [-0.1, -0.05) is 11.3 Å². The number of nitrogens with zero attached hydrogens (tertiary/aromatic N) is 3. The van der Waals surface area contributed by atoms with E-state index in [1.807, 2.05) is 17.5 Å². The molecule has 0 aliphatic rings. The summed E-state index contributed by atoms with van der Waals surface area (Å²) in [6.07, 6.45) is 1.55. The Balaban J connectivity index is 1.81. The highest BCUT2D eigenvalue weighted by Crippen LogP contribution is 2.07. The quantitative estimate of drug-likeness (QED) is 0.793. The van der Waals surface area contributed by atoms with Gasteiger partial charge in [0.2, 0.25) is 5.91 Å². The molecule has 2 aromatic rings. The van der Waals surface area contributed by atoms with E-state index in [-0.39, 0.29) is 19.1 Å². The van der Waals surface area contributed by atoms with Crippen LogP contribution in [0.15, 0.2) is 23.7 Å². The van der Waals surface area contributed by atoms with Crippen molar-refractivity contribution >= 4 is 17.2 Å². The average molecular weight is 252 g/mol. The van der Waals surface area contributed by atoms with E-state index < -0.39 is 0 Å². The molecule has 0 unspecified atom stereocenters. The lowest BCUT2D eigenvalue weighted by molar-refractivity contribution is -0.122. The van der Waals surface area contributed by atoms with E-state index in [0.29, 0.717) is 12.2 Å². The Hall–Kier alpha value is -1.73. The average Bonchev–Trinajstić information content (AvgIpc) is 2.97. The lowest BCUT2D eigenvalue weighted by Crippen LogP contribution is -2.27. The highest BCUT2D eigenvalue weighted by molar-refractivity contribution is 7.09. The number of aromatic nitrogens is 3. The zero-order valence-corrected chi connectivity index (χ0v) is 9.85. The van der Waals surface area contributed by atoms with Crippen LogP contribution in [-0.2, 0) is 24.5 Å². The van der Waals surface area contributed by atoms with Crippen LogP contribution in [0.25, 0.3) is 0 Å². The van der Waals surface area contributed by atoms with E-state index in [2.05, 4.69) is 15.6 Å². The molecule has 0 fully saturated rings. The molecule has 1 amide bonds. The van der Waals surface area contributed by atoms with Gasteiger partial charge in [-0.3, -0.25) is 4.79 Å². The molecule has 2 N–H and O–H groups in total. The van der Waals surface area contributed by atoms with Gasteiger partial charge >= 0.3 is 0 Å². The second kappa shape index (κ2) is 5.55. The third kappa shape index (κ3) is 3.36. The van der Waals surface area contributed by atoms with Crippen molar-refractivity contribution in [3.05, 3.63) is 34.3 Å². The van der Waals surface area contributed by atoms with Crippen molar-refractivity contribution < 1.29 is 9.90 Å². The van der Waals surface area contributed by atoms with Gasteiger partial charge in [0.05, 0.1) is 19.3 Å². The zero-order chi connectivity index (χ0) is 12.1. The molecule has 0 radical (unpaired) electrons. The van der Waals surface area contributed by atoms with Crippen molar-refractivity contribution in [3.8, 4) is 0 Å². The second-order valence-electron chi connectivity index (χ2n) is 3.42. The monoisotopic (exact) mass is 252 g/mol. The highest BCUT2D eigenvalue weighted by atomic mass is 32.1. The maximum Gasteiger partial charge on any atom is 0.242 e. The second-order valence-corrected chi connectivity index (χ2v) is 4.45. The molecule has 0 aliphatic heterocycles. The standard InChI is InChI=1S/C10H12N4O2S/c15-7-8-5-14(13-12-8)6-10(16)11-4-9-2-1-3-17-9/h1-3,5,15H,4,6-7H2,(H,11,16). The summed E-state index contributed by atoms with van der Waals surface area (Å²) in [7, 11) is 0. The molecule has 2 rings (SSSR count). The van der Waals surface area contributed by atoms with Crippen LogP contribution >= 0.6 is 11.3 Å². The number of thiophene rings is 1. The minimum atomic E-state index is -0.170. The Morgan fingerprint density at radius 3 is 3.12 bits per heavy atom. The summed E-state index contributed by atoms with van der Waals surface area (Å²) in [5.41, 5.74) is 0.455. The Kier molecular flexibility index (Phi) is 3.84. The van der Waals surface area contributed by atoms with Crippen molar-refractivity contribution in [1.29, 1.82) is 0 Å². The highest BCUT2D eigenvalue weighted by Gasteiger charge is 2.05. The first kappa shape index (κ1) is 11.7. The van der Waals surface area contributed by atoms with Gasteiger partial charge in [-0.05, 0) is 11.4 Å². The SMILES string of the molecule is O=C(Cn1cc(CO)nn1)NCc1cccs1. The number of hydrogen-bond acceptors (Lipinski definition) is 5. The topological polar surface area (TPSA) is 80.0 Å². The van der Waals surface area contributed by atoms with E-state index in [4.69, 9.17) is 5.11 Å². The largest absolute Gasteiger partial charge is 0.390 e. The van der Waals surface area contributed by atoms with Gasteiger partial charge in [0.1, 0.15) is 12.2 Å². The number of aliphatic hydroxyl groups is 1. The number of hydrogen-bond donors (Lipinski definition) is 2. The van der Waals surface area contributed by atoms with E-state index in [1.54, 1.807) is 17.5 Å². The Labute approximate surface area is 102 Å². The van der Waals surface area contributed by atoms with Crippen molar-refractivity contribution in [3.63, 3.8) is 0 Å². The Bertz CT molecular complexity index is 480. The molecule has 0 saturated heterocycles. The van der Waals surface area contributed by atoms with Crippen LogP contribution in [0.5, 0.6) is 0 Å². The third-order valence-electron chi connectivity index (χ3n) is 2.09. The molecule has 0 atom stereocenters. The zero-order valence-electron chi connectivity index (χ0n) is 9.04. The molecule has 2 heterocycles. The van der Waals surface area contributed by atoms with Gasteiger partial charge in [0, 0.05) is 4.88 Å². The lowest BCUT2D eigenvalue weighted by Gasteiger charge is -2.02.